The first-order valence-electron chi connectivity index (χ1n) is 14.8. The second-order valence-electron chi connectivity index (χ2n) is 12.5. The van der Waals surface area contributed by atoms with Crippen molar-refractivity contribution in [2.75, 3.05) is 25.2 Å². The molecule has 1 N–H and O–H groups in total. The van der Waals surface area contributed by atoms with E-state index < -0.39 is 42.1 Å². The summed E-state index contributed by atoms with van der Waals surface area (Å²) in [5.41, 5.74) is 0.400. The number of ether oxygens (including phenoxy) is 4. The van der Waals surface area contributed by atoms with E-state index >= 15 is 0 Å². The number of thioether (sulfide) groups is 1. The zero-order valence-electron chi connectivity index (χ0n) is 25.6. The average Bonchev–Trinajstić information content (AvgIpc) is 3.82. The van der Waals surface area contributed by atoms with E-state index in [-0.39, 0.29) is 71.7 Å². The third-order valence-corrected chi connectivity index (χ3v) is 9.73. The van der Waals surface area contributed by atoms with Crippen LogP contribution < -0.4 is 0 Å². The minimum Gasteiger partial charge on any atom is -0.481 e. The summed E-state index contributed by atoms with van der Waals surface area (Å²) in [5, 5.41) is 9.50. The quantitative estimate of drug-likeness (QED) is 0.104. The van der Waals surface area contributed by atoms with Gasteiger partial charge in [0.25, 0.3) is 0 Å². The number of esters is 1. The van der Waals surface area contributed by atoms with Crippen LogP contribution in [0.3, 0.4) is 0 Å². The molecule has 0 aromatic heterocycles. The monoisotopic (exact) mass is 610 g/mol. The second kappa shape index (κ2) is 14.6. The Kier molecular flexibility index (Phi) is 12.0. The normalized spacial score (nSPS) is 30.5. The number of aliphatic carboxylic acids is 1. The van der Waals surface area contributed by atoms with Crippen molar-refractivity contribution >= 4 is 41.1 Å². The molecule has 2 aliphatic heterocycles. The summed E-state index contributed by atoms with van der Waals surface area (Å²) in [4.78, 5) is 60.9. The zero-order chi connectivity index (χ0) is 31.2. The van der Waals surface area contributed by atoms with E-state index in [0.717, 1.165) is 18.2 Å². The number of rotatable bonds is 18. The number of hydrogen-bond donors (Lipinski definition) is 1. The predicted octanol–water partition coefficient (Wildman–Crippen LogP) is 3.96. The summed E-state index contributed by atoms with van der Waals surface area (Å²) in [6, 6.07) is 0. The first-order chi connectivity index (χ1) is 19.7. The Labute approximate surface area is 252 Å². The highest BCUT2D eigenvalue weighted by atomic mass is 32.2. The molecule has 0 aromatic rings. The van der Waals surface area contributed by atoms with Crippen LogP contribution in [0.2, 0.25) is 0 Å². The number of methoxy groups -OCH3 is 1. The van der Waals surface area contributed by atoms with Gasteiger partial charge in [-0.1, -0.05) is 25.5 Å². The number of carbonyl (C=O) groups excluding carboxylic acids is 4. The van der Waals surface area contributed by atoms with Gasteiger partial charge < -0.3 is 24.1 Å². The molecule has 2 saturated heterocycles. The molecule has 236 valence electrons. The average molecular weight is 611 g/mol. The molecule has 1 saturated carbocycles. The van der Waals surface area contributed by atoms with E-state index in [0.29, 0.717) is 19.4 Å². The van der Waals surface area contributed by atoms with Crippen molar-refractivity contribution in [2.45, 2.75) is 109 Å². The Balaban J connectivity index is 1.47. The second-order valence-corrected chi connectivity index (χ2v) is 13.6. The largest absolute Gasteiger partial charge is 0.481 e. The van der Waals surface area contributed by atoms with Crippen molar-refractivity contribution in [1.82, 2.24) is 0 Å². The Morgan fingerprint density at radius 1 is 1.12 bits per heavy atom. The Morgan fingerprint density at radius 2 is 1.81 bits per heavy atom. The molecule has 0 amide bonds. The number of ketones is 3. The van der Waals surface area contributed by atoms with E-state index in [4.69, 9.17) is 18.9 Å². The lowest BCUT2D eigenvalue weighted by Crippen LogP contribution is -2.55. The number of hydrogen-bond acceptors (Lipinski definition) is 10. The number of carbonyl (C=O) groups is 5. The van der Waals surface area contributed by atoms with E-state index in [2.05, 4.69) is 13.0 Å². The van der Waals surface area contributed by atoms with Crippen LogP contribution in [0.25, 0.3) is 0 Å². The molecule has 3 aliphatic rings. The van der Waals surface area contributed by atoms with Crippen molar-refractivity contribution in [3.05, 3.63) is 11.6 Å². The SMILES string of the molecule is CO[C@@H]1[C@H](OC(=O)CC(=O)CSC[C@@H](CC(=O)CCC(=O)C(C)C)C(=O)O)CC[C@]2(CO2)[C@H]1[C@@]1(C)O[C@@H]1CC=C(C)C. The molecule has 0 unspecified atom stereocenters. The highest BCUT2D eigenvalue weighted by Crippen LogP contribution is 2.59. The van der Waals surface area contributed by atoms with E-state index in [1.54, 1.807) is 21.0 Å². The van der Waals surface area contributed by atoms with Crippen LogP contribution >= 0.6 is 11.8 Å². The summed E-state index contributed by atoms with van der Waals surface area (Å²) in [6.07, 6.45) is 2.70. The molecule has 11 heteroatoms. The molecule has 0 aromatic carbocycles. The van der Waals surface area contributed by atoms with Gasteiger partial charge in [-0.05, 0) is 40.0 Å². The molecule has 1 aliphatic carbocycles. The van der Waals surface area contributed by atoms with Crippen LogP contribution in [-0.4, -0.2) is 89.1 Å². The minimum absolute atomic E-state index is 0.00929. The molecule has 42 heavy (non-hydrogen) atoms. The van der Waals surface area contributed by atoms with Crippen LogP contribution in [0.5, 0.6) is 0 Å². The van der Waals surface area contributed by atoms with Gasteiger partial charge in [-0.3, -0.25) is 24.0 Å². The van der Waals surface area contributed by atoms with Gasteiger partial charge in [0.1, 0.15) is 41.4 Å². The third kappa shape index (κ3) is 8.97. The molecule has 10 nitrogen and oxygen atoms in total. The fourth-order valence-corrected chi connectivity index (χ4v) is 6.95. The highest BCUT2D eigenvalue weighted by molar-refractivity contribution is 7.99. The van der Waals surface area contributed by atoms with Gasteiger partial charge in [0.05, 0.1) is 30.3 Å². The van der Waals surface area contributed by atoms with Crippen molar-refractivity contribution in [2.24, 2.45) is 17.8 Å². The smallest absolute Gasteiger partial charge is 0.313 e. The maximum Gasteiger partial charge on any atom is 0.313 e. The summed E-state index contributed by atoms with van der Waals surface area (Å²) in [5.74, 6) is -3.80. The van der Waals surface area contributed by atoms with Gasteiger partial charge in [0.2, 0.25) is 0 Å². The molecule has 3 rings (SSSR count). The molecule has 0 bridgehead atoms. The fraction of sp³-hybridized carbons (Fsp3) is 0.774. The van der Waals surface area contributed by atoms with Gasteiger partial charge in [0.15, 0.2) is 5.78 Å². The standard InChI is InChI=1S/C31H46O10S/c1-18(2)7-10-25-30(5,41-25)28-27(38-6)24(11-12-31(28)17-39-31)40-26(35)14-22(33)16-42-15-20(29(36)37)13-21(32)8-9-23(34)19(3)4/h7,19-20,24-25,27-28H,8-17H2,1-6H3,(H,36,37)/t20-,24-,25-,27-,28-,30+,31+/m1/s1. The Bertz CT molecular complexity index is 1060. The van der Waals surface area contributed by atoms with E-state index in [9.17, 15) is 29.1 Å². The van der Waals surface area contributed by atoms with Crippen molar-refractivity contribution < 1.29 is 48.0 Å². The van der Waals surface area contributed by atoms with Crippen molar-refractivity contribution in [3.63, 3.8) is 0 Å². The third-order valence-electron chi connectivity index (χ3n) is 8.56. The molecule has 1 spiro atoms. The summed E-state index contributed by atoms with van der Waals surface area (Å²) < 4.78 is 23.8. The van der Waals surface area contributed by atoms with Crippen molar-refractivity contribution in [1.29, 1.82) is 0 Å². The van der Waals surface area contributed by atoms with Crippen LogP contribution in [0, 0.1) is 17.8 Å². The Morgan fingerprint density at radius 3 is 2.38 bits per heavy atom. The molecule has 7 atom stereocenters. The summed E-state index contributed by atoms with van der Waals surface area (Å²) in [6.45, 7) is 10.3. The minimum atomic E-state index is -1.14. The zero-order valence-corrected chi connectivity index (χ0v) is 26.5. The number of carboxylic acids is 1. The molecular formula is C31H46O10S. The molecule has 3 fully saturated rings. The van der Waals surface area contributed by atoms with Gasteiger partial charge in [-0.25, -0.2) is 0 Å². The lowest BCUT2D eigenvalue weighted by atomic mass is 9.68. The van der Waals surface area contributed by atoms with Crippen molar-refractivity contribution in [3.8, 4) is 0 Å². The Hall–Kier alpha value is -2.08. The first-order valence-corrected chi connectivity index (χ1v) is 15.9. The van der Waals surface area contributed by atoms with Gasteiger partial charge in [-0.2, -0.15) is 11.8 Å². The summed E-state index contributed by atoms with van der Waals surface area (Å²) in [7, 11) is 1.59. The van der Waals surface area contributed by atoms with Gasteiger partial charge >= 0.3 is 11.9 Å². The number of carboxylic acid groups (broad SMARTS) is 1. The topological polar surface area (TPSA) is 149 Å². The highest BCUT2D eigenvalue weighted by Gasteiger charge is 2.72. The van der Waals surface area contributed by atoms with Crippen LogP contribution in [0.1, 0.15) is 79.6 Å². The lowest BCUT2D eigenvalue weighted by molar-refractivity contribution is -0.172. The molecular weight excluding hydrogens is 564 g/mol. The van der Waals surface area contributed by atoms with Crippen LogP contribution in [0.4, 0.5) is 0 Å². The predicted molar refractivity (Wildman–Crippen MR) is 156 cm³/mol. The maximum atomic E-state index is 12.8. The first kappa shape index (κ1) is 34.4. The fourth-order valence-electron chi connectivity index (χ4n) is 5.95. The van der Waals surface area contributed by atoms with Gasteiger partial charge in [0, 0.05) is 38.0 Å². The maximum absolute atomic E-state index is 12.8. The van der Waals surface area contributed by atoms with Crippen LogP contribution in [0.15, 0.2) is 11.6 Å². The van der Waals surface area contributed by atoms with E-state index in [1.165, 1.54) is 5.57 Å². The number of Topliss-reactive ketones (excluding diaryl/α,β-unsaturated/α-hetero) is 3. The lowest BCUT2D eigenvalue weighted by Gasteiger charge is -2.42. The van der Waals surface area contributed by atoms with E-state index in [1.807, 2.05) is 13.8 Å². The molecule has 2 heterocycles. The number of epoxide rings is 2. The molecule has 0 radical (unpaired) electrons. The number of allylic oxidation sites excluding steroid dienone is 1. The summed E-state index contributed by atoms with van der Waals surface area (Å²) >= 11 is 1.07. The van der Waals surface area contributed by atoms with Crippen LogP contribution in [-0.2, 0) is 42.9 Å². The van der Waals surface area contributed by atoms with Gasteiger partial charge in [-0.15, -0.1) is 0 Å².